The topological polar surface area (TPSA) is 204 Å². The van der Waals surface area contributed by atoms with Gasteiger partial charge >= 0.3 is 73.3 Å². The molecule has 0 aromatic heterocycles. The molecule has 2 N–H and O–H groups in total. The molecular weight excluding hydrogens is 898 g/mol. The quantitative estimate of drug-likeness (QED) is 0.0431. The number of hydrogen-bond donors (Lipinski definition) is 2. The van der Waals surface area contributed by atoms with Crippen molar-refractivity contribution in [3.8, 4) is 23.0 Å². The molecule has 59 heavy (non-hydrogen) atoms. The van der Waals surface area contributed by atoms with Crippen LogP contribution in [0.1, 0.15) is 22.3 Å². The number of methoxy groups -OCH3 is 1. The second-order valence-corrected chi connectivity index (χ2v) is 19.4. The molecule has 0 fully saturated rings. The third-order valence-electron chi connectivity index (χ3n) is 7.41. The molecule has 16 nitrogen and oxygen atoms in total. The molecule has 0 amide bonds. The molecular formula is C35H40N6Na2O10P4S2+2. The Bertz CT molecular complexity index is 2110. The smallest absolute Gasteiger partial charge is 0.778 e. The van der Waals surface area contributed by atoms with Gasteiger partial charge in [-0.25, -0.2) is 0 Å². The van der Waals surface area contributed by atoms with Gasteiger partial charge in [0.25, 0.3) is 0 Å². The number of hydrazone groups is 2. The summed E-state index contributed by atoms with van der Waals surface area (Å²) in [5.74, 6) is 2.50. The van der Waals surface area contributed by atoms with Crippen molar-refractivity contribution in [2.75, 3.05) is 47.1 Å². The minimum absolute atomic E-state index is 0. The zero-order valence-electron chi connectivity index (χ0n) is 33.0. The van der Waals surface area contributed by atoms with Crippen molar-refractivity contribution < 1.29 is 106 Å². The van der Waals surface area contributed by atoms with E-state index in [2.05, 4.69) is 15.2 Å². The first-order valence-corrected chi connectivity index (χ1v) is 24.7. The largest absolute Gasteiger partial charge is 1.00 e. The van der Waals surface area contributed by atoms with E-state index >= 15 is 0 Å². The van der Waals surface area contributed by atoms with Crippen LogP contribution in [0.15, 0.2) is 112 Å². The Hall–Kier alpha value is -2.01. The summed E-state index contributed by atoms with van der Waals surface area (Å²) in [6, 6.07) is 28.9. The number of hydrogen-bond acceptors (Lipinski definition) is 14. The van der Waals surface area contributed by atoms with Crippen molar-refractivity contribution in [2.45, 2.75) is 6.42 Å². The van der Waals surface area contributed by atoms with Crippen LogP contribution in [0.5, 0.6) is 23.0 Å². The monoisotopic (exact) mass is 938 g/mol. The molecule has 4 aromatic carbocycles. The third-order valence-corrected chi connectivity index (χ3v) is 12.7. The number of benzene rings is 4. The Morgan fingerprint density at radius 1 is 0.661 bits per heavy atom. The Labute approximate surface area is 399 Å². The molecule has 0 spiro atoms. The van der Waals surface area contributed by atoms with E-state index in [1.54, 1.807) is 81.0 Å². The molecule has 0 aliphatic heterocycles. The first-order chi connectivity index (χ1) is 27.0. The molecule has 0 saturated heterocycles. The predicted octanol–water partition coefficient (Wildman–Crippen LogP) is -0.753. The molecule has 24 heteroatoms. The average Bonchev–Trinajstić information content (AvgIpc) is 3.17. The summed E-state index contributed by atoms with van der Waals surface area (Å²) in [6.45, 7) is 0.0719. The van der Waals surface area contributed by atoms with Gasteiger partial charge in [0.15, 0.2) is 18.2 Å². The van der Waals surface area contributed by atoms with Crippen LogP contribution >= 0.6 is 29.3 Å². The van der Waals surface area contributed by atoms with E-state index < -0.39 is 41.9 Å². The maximum Gasteiger partial charge on any atom is 1.00 e. The SMILES string of the molecule is COc1ccc(/C=N/N(C)[P+](=S)Oc2ccc(C=NCOc3ccc(/C=N/N(C)[P+](=S)Oc4ccc(CCN(CP(=O)([O-])O)CP(=O)([O-])O)cc4)cc3)cc2)cc1.[Na+].[Na+]. The summed E-state index contributed by atoms with van der Waals surface area (Å²) >= 11 is 11.0. The van der Waals surface area contributed by atoms with Crippen LogP contribution in [0.2, 0.25) is 0 Å². The molecule has 0 bridgehead atoms. The van der Waals surface area contributed by atoms with Gasteiger partial charge in [-0.3, -0.25) is 18.9 Å². The molecule has 4 rings (SSSR count). The molecule has 0 saturated carbocycles. The summed E-state index contributed by atoms with van der Waals surface area (Å²) in [4.78, 5) is 46.0. The first-order valence-electron chi connectivity index (χ1n) is 16.7. The van der Waals surface area contributed by atoms with Crippen LogP contribution < -0.4 is 87.4 Å². The second kappa shape index (κ2) is 26.5. The summed E-state index contributed by atoms with van der Waals surface area (Å²) in [5.41, 5.74) is 3.32. The van der Waals surface area contributed by atoms with Crippen molar-refractivity contribution in [3.05, 3.63) is 119 Å². The van der Waals surface area contributed by atoms with Crippen LogP contribution in [0.4, 0.5) is 0 Å². The average molecular weight is 939 g/mol. The Morgan fingerprint density at radius 3 is 1.47 bits per heavy atom. The molecule has 4 unspecified atom stereocenters. The second-order valence-electron chi connectivity index (χ2n) is 12.0. The van der Waals surface area contributed by atoms with Gasteiger partial charge in [-0.15, -0.1) is 10.2 Å². The van der Waals surface area contributed by atoms with E-state index in [1.807, 2.05) is 60.7 Å². The summed E-state index contributed by atoms with van der Waals surface area (Å²) in [5, 5.41) is 8.77. The van der Waals surface area contributed by atoms with E-state index in [1.165, 1.54) is 4.78 Å². The minimum Gasteiger partial charge on any atom is -0.778 e. The van der Waals surface area contributed by atoms with Crippen LogP contribution in [-0.2, 0) is 39.2 Å². The molecule has 0 aliphatic carbocycles. The van der Waals surface area contributed by atoms with Gasteiger partial charge in [0.05, 0.1) is 46.2 Å². The predicted molar refractivity (Wildman–Crippen MR) is 226 cm³/mol. The molecule has 4 aromatic rings. The summed E-state index contributed by atoms with van der Waals surface area (Å²) in [6.07, 6.45) is 3.49. The Balaban J connectivity index is 0.00000600. The number of ether oxygens (including phenoxy) is 2. The van der Waals surface area contributed by atoms with E-state index in [-0.39, 0.29) is 78.8 Å². The number of nitrogens with zero attached hydrogens (tertiary/aromatic N) is 6. The summed E-state index contributed by atoms with van der Waals surface area (Å²) in [7, 11) is -7.46. The Kier molecular flexibility index (Phi) is 23.8. The van der Waals surface area contributed by atoms with Crippen LogP contribution in [0, 0.1) is 0 Å². The van der Waals surface area contributed by atoms with E-state index in [9.17, 15) is 18.9 Å². The fourth-order valence-electron chi connectivity index (χ4n) is 4.59. The van der Waals surface area contributed by atoms with Gasteiger partial charge in [0, 0.05) is 12.8 Å². The van der Waals surface area contributed by atoms with Gasteiger partial charge in [0.2, 0.25) is 23.6 Å². The summed E-state index contributed by atoms with van der Waals surface area (Å²) < 4.78 is 48.3. The Morgan fingerprint density at radius 2 is 1.05 bits per heavy atom. The van der Waals surface area contributed by atoms with Crippen LogP contribution in [-0.4, -0.2) is 89.9 Å². The molecule has 0 aliphatic rings. The van der Waals surface area contributed by atoms with E-state index in [4.69, 9.17) is 51.9 Å². The minimum atomic E-state index is -4.78. The maximum absolute atomic E-state index is 11.3. The third kappa shape index (κ3) is 21.1. The standard InChI is InChI=1S/C35H40N6O10P4S2.2Na/c1-39(37-23-30-6-12-32(48-3)13-7-30)53(57)51-35-18-10-29(11-19-35)22-36-25-49-33-14-8-31(9-15-33)24-38-40(2)52(56)50-34-16-4-28(5-17-34)20-21-41(26-54(42,43)44)27-55(45,46)47;;/h4-19,22-24H,20-21,25-27H2,1-3H3,(H2-2,42,43,44,45,46,47);;/q;2*+1/b36-22?,37-23+,38-24+;;. The van der Waals surface area contributed by atoms with Gasteiger partial charge < -0.3 is 38.2 Å². The first kappa shape index (κ1) is 53.1. The van der Waals surface area contributed by atoms with Gasteiger partial charge in [-0.05, 0) is 114 Å². The van der Waals surface area contributed by atoms with E-state index in [0.29, 0.717) is 17.2 Å². The van der Waals surface area contributed by atoms with Gasteiger partial charge in [0.1, 0.15) is 26.7 Å². The van der Waals surface area contributed by atoms with Crippen molar-refractivity contribution in [3.63, 3.8) is 0 Å². The fourth-order valence-corrected chi connectivity index (χ4v) is 8.12. The van der Waals surface area contributed by atoms with Crippen molar-refractivity contribution in [1.29, 1.82) is 0 Å². The maximum atomic E-state index is 11.3. The van der Waals surface area contributed by atoms with Crippen LogP contribution in [0.25, 0.3) is 0 Å². The molecule has 0 radical (unpaired) electrons. The van der Waals surface area contributed by atoms with E-state index in [0.717, 1.165) is 32.9 Å². The number of rotatable bonds is 22. The van der Waals surface area contributed by atoms with Crippen molar-refractivity contribution >= 4 is 71.6 Å². The van der Waals surface area contributed by atoms with Crippen molar-refractivity contribution in [2.24, 2.45) is 15.2 Å². The van der Waals surface area contributed by atoms with Crippen molar-refractivity contribution in [1.82, 2.24) is 14.5 Å². The van der Waals surface area contributed by atoms with Gasteiger partial charge in [-0.2, -0.15) is 0 Å². The molecule has 302 valence electrons. The van der Waals surface area contributed by atoms with Gasteiger partial charge in [-0.1, -0.05) is 21.7 Å². The zero-order valence-corrected chi connectivity index (χ0v) is 42.2. The normalized spacial score (nSPS) is 13.8. The molecule has 0 heterocycles. The zero-order chi connectivity index (χ0) is 41.4. The molecule has 4 atom stereocenters. The van der Waals surface area contributed by atoms with Crippen LogP contribution in [0.3, 0.4) is 0 Å². The fraction of sp³-hybridized carbons (Fsp3) is 0.229. The number of aliphatic imine (C=N–C) groups is 1.